The number of hydrogen-bond donors (Lipinski definition) is 8. The zero-order chi connectivity index (χ0) is 17.0. The highest BCUT2D eigenvalue weighted by molar-refractivity contribution is 5.11. The Bertz CT molecular complexity index is 328. The Morgan fingerprint density at radius 1 is 0.955 bits per heavy atom. The van der Waals surface area contributed by atoms with Crippen LogP contribution < -0.4 is 0 Å². The van der Waals surface area contributed by atoms with Crippen LogP contribution >= 0.6 is 0 Å². The van der Waals surface area contributed by atoms with Crippen molar-refractivity contribution in [3.8, 4) is 0 Å². The summed E-state index contributed by atoms with van der Waals surface area (Å²) in [7, 11) is 0. The smallest absolute Gasteiger partial charge is 0.152 e. The van der Waals surface area contributed by atoms with Crippen molar-refractivity contribution in [2.45, 2.75) is 68.9 Å². The molecule has 8 nitrogen and oxygen atoms in total. The maximum atomic E-state index is 9.97. The zero-order valence-corrected chi connectivity index (χ0v) is 12.5. The number of hydrogen-bond acceptors (Lipinski definition) is 8. The molecule has 1 aliphatic carbocycles. The third-order valence-corrected chi connectivity index (χ3v) is 4.38. The van der Waals surface area contributed by atoms with Crippen LogP contribution in [0.15, 0.2) is 0 Å². The highest BCUT2D eigenvalue weighted by Gasteiger charge is 2.52. The van der Waals surface area contributed by atoms with E-state index in [-0.39, 0.29) is 19.3 Å². The van der Waals surface area contributed by atoms with Gasteiger partial charge in [-0.1, -0.05) is 6.92 Å². The van der Waals surface area contributed by atoms with Gasteiger partial charge in [0.1, 0.15) is 55.4 Å². The average Bonchev–Trinajstić information content (AvgIpc) is 2.77. The maximum absolute atomic E-state index is 9.97. The average molecular weight is 323 g/mol. The van der Waals surface area contributed by atoms with Crippen molar-refractivity contribution in [1.29, 1.82) is 0 Å². The number of rotatable bonds is 8. The lowest BCUT2D eigenvalue weighted by Crippen LogP contribution is -2.49. The van der Waals surface area contributed by atoms with Crippen molar-refractivity contribution in [1.82, 2.24) is 0 Å². The fourth-order valence-electron chi connectivity index (χ4n) is 2.81. The molecule has 0 aromatic rings. The number of aliphatic hydroxyl groups excluding tert-OH is 8. The van der Waals surface area contributed by atoms with E-state index >= 15 is 0 Å². The van der Waals surface area contributed by atoms with Crippen LogP contribution in [0.1, 0.15) is 26.2 Å². The second-order valence-electron chi connectivity index (χ2n) is 5.93. The van der Waals surface area contributed by atoms with Crippen LogP contribution in [0.2, 0.25) is 0 Å². The zero-order valence-electron chi connectivity index (χ0n) is 12.5. The van der Waals surface area contributed by atoms with E-state index in [0.29, 0.717) is 5.92 Å². The lowest BCUT2D eigenvalue weighted by molar-refractivity contribution is -0.134. The van der Waals surface area contributed by atoms with Crippen molar-refractivity contribution >= 4 is 0 Å². The molecule has 0 heterocycles. The normalized spacial score (nSPS) is 32.6. The molecule has 0 amide bonds. The third-order valence-electron chi connectivity index (χ3n) is 4.38. The molecule has 1 rings (SSSR count). The molecule has 8 heteroatoms. The summed E-state index contributed by atoms with van der Waals surface area (Å²) >= 11 is 0. The predicted molar refractivity (Wildman–Crippen MR) is 75.4 cm³/mol. The Kier molecular flexibility index (Phi) is 7.50. The van der Waals surface area contributed by atoms with Crippen LogP contribution in [-0.4, -0.2) is 90.2 Å². The molecule has 1 unspecified atom stereocenters. The molecule has 0 saturated heterocycles. The Morgan fingerprint density at radius 3 is 2.00 bits per heavy atom. The largest absolute Gasteiger partial charge is 0.392 e. The second kappa shape index (κ2) is 8.42. The van der Waals surface area contributed by atoms with Gasteiger partial charge in [-0.05, 0) is 6.42 Å². The van der Waals surface area contributed by atoms with E-state index in [0.717, 1.165) is 0 Å². The van der Waals surface area contributed by atoms with Gasteiger partial charge in [-0.15, -0.1) is 0 Å². The van der Waals surface area contributed by atoms with Crippen molar-refractivity contribution < 1.29 is 40.9 Å². The maximum Gasteiger partial charge on any atom is 0.152 e. The fraction of sp³-hybridized carbons (Fsp3) is 0.929. The van der Waals surface area contributed by atoms with E-state index in [4.69, 9.17) is 0 Å². The van der Waals surface area contributed by atoms with Gasteiger partial charge in [0, 0.05) is 0 Å². The Labute approximate surface area is 129 Å². The first-order chi connectivity index (χ1) is 10.2. The first-order valence-electron chi connectivity index (χ1n) is 7.46. The van der Waals surface area contributed by atoms with Crippen LogP contribution in [0.3, 0.4) is 0 Å². The third kappa shape index (κ3) is 4.30. The van der Waals surface area contributed by atoms with Crippen LogP contribution in [-0.2, 0) is 0 Å². The lowest BCUT2D eigenvalue weighted by Gasteiger charge is -2.28. The summed E-state index contributed by atoms with van der Waals surface area (Å²) < 4.78 is 0. The van der Waals surface area contributed by atoms with E-state index < -0.39 is 55.3 Å². The monoisotopic (exact) mass is 323 g/mol. The second-order valence-corrected chi connectivity index (χ2v) is 5.93. The molecule has 1 saturated carbocycles. The molecule has 1 fully saturated rings. The minimum absolute atomic E-state index is 0.0758. The summed E-state index contributed by atoms with van der Waals surface area (Å²) in [6.45, 7) is 1.18. The Morgan fingerprint density at radius 2 is 1.50 bits per heavy atom. The molecule has 0 spiro atoms. The van der Waals surface area contributed by atoms with Gasteiger partial charge >= 0.3 is 0 Å². The summed E-state index contributed by atoms with van der Waals surface area (Å²) in [4.78, 5) is 0. The van der Waals surface area contributed by atoms with Crippen molar-refractivity contribution in [2.24, 2.45) is 5.92 Å². The molecule has 8 N–H and O–H groups in total. The molecule has 22 heavy (non-hydrogen) atoms. The van der Waals surface area contributed by atoms with Gasteiger partial charge in [-0.25, -0.2) is 0 Å². The van der Waals surface area contributed by atoms with Crippen molar-refractivity contribution in [3.05, 3.63) is 5.92 Å². The van der Waals surface area contributed by atoms with E-state index in [9.17, 15) is 40.9 Å². The van der Waals surface area contributed by atoms with Gasteiger partial charge in [0.25, 0.3) is 0 Å². The lowest BCUT2D eigenvalue weighted by atomic mass is 9.87. The summed E-state index contributed by atoms with van der Waals surface area (Å²) in [5.41, 5.74) is 0. The highest BCUT2D eigenvalue weighted by Crippen LogP contribution is 2.37. The van der Waals surface area contributed by atoms with Gasteiger partial charge < -0.3 is 40.9 Å². The fourth-order valence-corrected chi connectivity index (χ4v) is 2.81. The van der Waals surface area contributed by atoms with Gasteiger partial charge in [-0.2, -0.15) is 0 Å². The summed E-state index contributed by atoms with van der Waals surface area (Å²) in [6.07, 6.45) is -9.83. The summed E-state index contributed by atoms with van der Waals surface area (Å²) in [6, 6.07) is 0. The van der Waals surface area contributed by atoms with Crippen molar-refractivity contribution in [2.75, 3.05) is 6.61 Å². The first kappa shape index (κ1) is 19.6. The molecule has 1 aliphatic rings. The van der Waals surface area contributed by atoms with Gasteiger partial charge in [0.15, 0.2) is 5.92 Å². The van der Waals surface area contributed by atoms with Crippen LogP contribution in [0.5, 0.6) is 0 Å². The van der Waals surface area contributed by atoms with Gasteiger partial charge in [0.05, 0.1) is 12.7 Å². The van der Waals surface area contributed by atoms with Crippen LogP contribution in [0, 0.1) is 11.8 Å². The Hall–Kier alpha value is -0.450. The van der Waals surface area contributed by atoms with E-state index in [2.05, 4.69) is 0 Å². The molecule has 130 valence electrons. The van der Waals surface area contributed by atoms with Gasteiger partial charge in [0.2, 0.25) is 0 Å². The van der Waals surface area contributed by atoms with E-state index in [1.807, 2.05) is 0 Å². The molecular formula is C14H27O8+. The van der Waals surface area contributed by atoms with E-state index in [1.54, 1.807) is 6.92 Å². The molecule has 0 radical (unpaired) electrons. The Balaban J connectivity index is 2.62. The first-order valence-corrected chi connectivity index (χ1v) is 7.46. The molecule has 0 aromatic carbocycles. The number of aliphatic hydroxyl groups is 8. The van der Waals surface area contributed by atoms with Crippen LogP contribution in [0.4, 0.5) is 0 Å². The topological polar surface area (TPSA) is 162 Å². The molecule has 8 atom stereocenters. The SMILES string of the molecule is CC[C@H](O)[C@@H](O)[C@@H](O)[C@H](O)[C@H](O)C[C+]1C[C@@H](O)C(O)[C@H]1CO. The van der Waals surface area contributed by atoms with Crippen LogP contribution in [0.25, 0.3) is 0 Å². The molecular weight excluding hydrogens is 296 g/mol. The quantitative estimate of drug-likeness (QED) is 0.218. The molecule has 0 aliphatic heterocycles. The minimum atomic E-state index is -1.74. The predicted octanol–water partition coefficient (Wildman–Crippen LogP) is -3.10. The molecule has 0 bridgehead atoms. The molecule has 0 aromatic heterocycles. The standard InChI is InChI=1S/C14H27O8/c1-2-8(16)12(20)14(22)13(21)10(18)4-6-3-9(17)11(19)7(6)5-15/h7-22H,2-5H2,1H3/q+1/t7-,8-,9+,10+,11?,12+,13+,14+/m0/s1. The highest BCUT2D eigenvalue weighted by atomic mass is 16.4. The van der Waals surface area contributed by atoms with Crippen molar-refractivity contribution in [3.63, 3.8) is 0 Å². The van der Waals surface area contributed by atoms with Gasteiger partial charge in [-0.3, -0.25) is 0 Å². The minimum Gasteiger partial charge on any atom is -0.392 e. The summed E-state index contributed by atoms with van der Waals surface area (Å²) in [5, 5.41) is 77.2. The van der Waals surface area contributed by atoms with E-state index in [1.165, 1.54) is 0 Å². The summed E-state index contributed by atoms with van der Waals surface area (Å²) in [5.74, 6) is -0.230.